The van der Waals surface area contributed by atoms with E-state index < -0.39 is 103 Å². The fourth-order valence-corrected chi connectivity index (χ4v) is 5.01. The molecule has 0 radical (unpaired) electrons. The van der Waals surface area contributed by atoms with Crippen molar-refractivity contribution in [1.29, 1.82) is 0 Å². The molecule has 17 nitrogen and oxygen atoms in total. The molecule has 8 N–H and O–H groups in total. The molecule has 0 aliphatic carbocycles. The standard InChI is InChI=1S/C27H42N6O11/c1-12(2)10-16-23(40)31-17(11-20(37)38)24(41)32-21(14(4)34)26(43)28-13(3)27(44)33-9-5-6-18(33)25(42)29-15(22(39)30-16)7-8-19(35)36/h12-18,21,34H,5-11H2,1-4H3,(H,28,43)(H,29,42)(H,30,39)(H,31,40)(H,32,41)(H,35,36)(H,37,38)/t13-,14-,15-,16+,17-,18-,21+/m1/s1. The average molecular weight is 627 g/mol. The molecule has 246 valence electrons. The number of carbonyl (C=O) groups is 8. The summed E-state index contributed by atoms with van der Waals surface area (Å²) in [5.74, 6) is -8.27. The van der Waals surface area contributed by atoms with E-state index in [9.17, 15) is 53.7 Å². The van der Waals surface area contributed by atoms with E-state index in [0.29, 0.717) is 6.42 Å². The number of carboxylic acid groups (broad SMARTS) is 2. The Hall–Kier alpha value is -4.28. The molecule has 0 saturated carbocycles. The van der Waals surface area contributed by atoms with E-state index in [1.807, 2.05) is 0 Å². The van der Waals surface area contributed by atoms with Gasteiger partial charge in [-0.05, 0) is 45.4 Å². The summed E-state index contributed by atoms with van der Waals surface area (Å²) in [7, 11) is 0. The Kier molecular flexibility index (Phi) is 13.0. The smallest absolute Gasteiger partial charge is 0.305 e. The van der Waals surface area contributed by atoms with E-state index in [1.165, 1.54) is 18.7 Å². The third-order valence-corrected chi connectivity index (χ3v) is 7.26. The molecule has 2 saturated heterocycles. The Balaban J connectivity index is 2.56. The van der Waals surface area contributed by atoms with E-state index in [4.69, 9.17) is 0 Å². The van der Waals surface area contributed by atoms with E-state index in [1.54, 1.807) is 13.8 Å². The maximum absolute atomic E-state index is 13.4. The van der Waals surface area contributed by atoms with Crippen LogP contribution in [0.25, 0.3) is 0 Å². The highest BCUT2D eigenvalue weighted by molar-refractivity contribution is 5.99. The van der Waals surface area contributed by atoms with E-state index in [0.717, 1.165) is 0 Å². The molecule has 0 bridgehead atoms. The van der Waals surface area contributed by atoms with Crippen LogP contribution in [0.4, 0.5) is 0 Å². The number of amides is 6. The summed E-state index contributed by atoms with van der Waals surface area (Å²) in [4.78, 5) is 104. The van der Waals surface area contributed by atoms with Crippen molar-refractivity contribution in [2.75, 3.05) is 6.54 Å². The van der Waals surface area contributed by atoms with E-state index in [-0.39, 0.29) is 31.7 Å². The van der Waals surface area contributed by atoms with Crippen LogP contribution in [-0.2, 0) is 38.4 Å². The number of nitrogens with one attached hydrogen (secondary N) is 5. The van der Waals surface area contributed by atoms with Gasteiger partial charge >= 0.3 is 11.9 Å². The van der Waals surface area contributed by atoms with Gasteiger partial charge in [0.25, 0.3) is 0 Å². The second kappa shape index (κ2) is 16.0. The van der Waals surface area contributed by atoms with E-state index in [2.05, 4.69) is 26.6 Å². The van der Waals surface area contributed by atoms with Crippen LogP contribution in [-0.4, -0.2) is 117 Å². The Morgan fingerprint density at radius 2 is 1.36 bits per heavy atom. The number of aliphatic hydroxyl groups excluding tert-OH is 1. The topological polar surface area (TPSA) is 261 Å². The van der Waals surface area contributed by atoms with Gasteiger partial charge in [-0.2, -0.15) is 0 Å². The molecule has 7 atom stereocenters. The highest BCUT2D eigenvalue weighted by Gasteiger charge is 2.40. The zero-order chi connectivity index (χ0) is 33.3. The molecule has 0 spiro atoms. The third-order valence-electron chi connectivity index (χ3n) is 7.26. The first kappa shape index (κ1) is 35.9. The molecule has 2 rings (SSSR count). The molecule has 2 aliphatic rings. The number of rotatable bonds is 8. The predicted octanol–water partition coefficient (Wildman–Crippen LogP) is -2.80. The summed E-state index contributed by atoms with van der Waals surface area (Å²) in [5, 5.41) is 40.7. The van der Waals surface area contributed by atoms with Crippen LogP contribution in [0.5, 0.6) is 0 Å². The lowest BCUT2D eigenvalue weighted by molar-refractivity contribution is -0.144. The number of nitrogens with zero attached hydrogens (tertiary/aromatic N) is 1. The zero-order valence-corrected chi connectivity index (χ0v) is 25.1. The SMILES string of the molecule is CC(C)C[C@@H]1NC(=O)[C@@H](CCC(=O)O)NC(=O)[C@H]2CCCN2C(=O)[C@@H](C)NC(=O)[C@H]([C@@H](C)O)NC(=O)[C@@H](CC(=O)O)NC1=O. The van der Waals surface area contributed by atoms with Crippen molar-refractivity contribution in [3.05, 3.63) is 0 Å². The maximum atomic E-state index is 13.4. The lowest BCUT2D eigenvalue weighted by atomic mass is 10.0. The van der Waals surface area contributed by atoms with Crippen molar-refractivity contribution in [1.82, 2.24) is 31.5 Å². The molecule has 0 aromatic rings. The Morgan fingerprint density at radius 3 is 1.93 bits per heavy atom. The molecule has 0 unspecified atom stereocenters. The summed E-state index contributed by atoms with van der Waals surface area (Å²) < 4.78 is 0. The van der Waals surface area contributed by atoms with Crippen LogP contribution in [0.2, 0.25) is 0 Å². The van der Waals surface area contributed by atoms with E-state index >= 15 is 0 Å². The largest absolute Gasteiger partial charge is 0.481 e. The van der Waals surface area contributed by atoms with Crippen LogP contribution in [0.3, 0.4) is 0 Å². The molecule has 2 heterocycles. The van der Waals surface area contributed by atoms with Crippen LogP contribution in [0, 0.1) is 5.92 Å². The molecule has 0 aromatic carbocycles. The number of hydrogen-bond acceptors (Lipinski definition) is 9. The van der Waals surface area contributed by atoms with Gasteiger partial charge < -0.3 is 46.8 Å². The highest BCUT2D eigenvalue weighted by atomic mass is 16.4. The van der Waals surface area contributed by atoms with Crippen molar-refractivity contribution >= 4 is 47.4 Å². The quantitative estimate of drug-likeness (QED) is 0.136. The van der Waals surface area contributed by atoms with Gasteiger partial charge in [0.15, 0.2) is 0 Å². The summed E-state index contributed by atoms with van der Waals surface area (Å²) in [6.07, 6.45) is -2.63. The zero-order valence-electron chi connectivity index (χ0n) is 25.1. The van der Waals surface area contributed by atoms with Crippen LogP contribution in [0.1, 0.15) is 66.2 Å². The minimum absolute atomic E-state index is 0.0140. The highest BCUT2D eigenvalue weighted by Crippen LogP contribution is 2.19. The summed E-state index contributed by atoms with van der Waals surface area (Å²) in [6, 6.07) is -8.42. The van der Waals surface area contributed by atoms with Crippen molar-refractivity contribution in [2.24, 2.45) is 5.92 Å². The van der Waals surface area contributed by atoms with Gasteiger partial charge in [0.1, 0.15) is 36.3 Å². The lowest BCUT2D eigenvalue weighted by Crippen LogP contribution is -2.62. The van der Waals surface area contributed by atoms with Gasteiger partial charge in [-0.3, -0.25) is 38.4 Å². The number of aliphatic hydroxyl groups is 1. The molecular weight excluding hydrogens is 584 g/mol. The number of hydrogen-bond donors (Lipinski definition) is 8. The lowest BCUT2D eigenvalue weighted by Gasteiger charge is -2.31. The fraction of sp³-hybridized carbons (Fsp3) is 0.704. The number of carboxylic acids is 2. The molecule has 2 fully saturated rings. The van der Waals surface area contributed by atoms with Gasteiger partial charge in [0.2, 0.25) is 35.4 Å². The first-order valence-electron chi connectivity index (χ1n) is 14.5. The van der Waals surface area contributed by atoms with Crippen molar-refractivity contribution in [3.8, 4) is 0 Å². The molecule has 2 aliphatic heterocycles. The first-order valence-corrected chi connectivity index (χ1v) is 14.5. The number of carbonyl (C=O) groups excluding carboxylic acids is 6. The predicted molar refractivity (Wildman–Crippen MR) is 150 cm³/mol. The first-order chi connectivity index (χ1) is 20.5. The summed E-state index contributed by atoms with van der Waals surface area (Å²) in [6.45, 7) is 6.12. The molecular formula is C27H42N6O11. The monoisotopic (exact) mass is 626 g/mol. The summed E-state index contributed by atoms with van der Waals surface area (Å²) in [5.41, 5.74) is 0. The second-order valence-electron chi connectivity index (χ2n) is 11.5. The fourth-order valence-electron chi connectivity index (χ4n) is 5.01. The van der Waals surface area contributed by atoms with Gasteiger partial charge in [-0.25, -0.2) is 0 Å². The molecule has 6 amide bonds. The second-order valence-corrected chi connectivity index (χ2v) is 11.5. The van der Waals surface area contributed by atoms with Crippen LogP contribution in [0.15, 0.2) is 0 Å². The van der Waals surface area contributed by atoms with Gasteiger partial charge in [-0.1, -0.05) is 13.8 Å². The van der Waals surface area contributed by atoms with Crippen molar-refractivity contribution in [3.63, 3.8) is 0 Å². The number of fused-ring (bicyclic) bond motifs is 1. The average Bonchev–Trinajstić information content (AvgIpc) is 3.41. The van der Waals surface area contributed by atoms with Crippen LogP contribution >= 0.6 is 0 Å². The normalized spacial score (nSPS) is 28.5. The maximum Gasteiger partial charge on any atom is 0.305 e. The molecule has 17 heteroatoms. The number of aliphatic carboxylic acids is 2. The molecule has 0 aromatic heterocycles. The summed E-state index contributed by atoms with van der Waals surface area (Å²) >= 11 is 0. The third kappa shape index (κ3) is 10.2. The minimum Gasteiger partial charge on any atom is -0.481 e. The minimum atomic E-state index is -1.74. The Bertz CT molecular complexity index is 1140. The van der Waals surface area contributed by atoms with Gasteiger partial charge in [0.05, 0.1) is 12.5 Å². The van der Waals surface area contributed by atoms with Crippen molar-refractivity contribution < 1.29 is 53.7 Å². The Morgan fingerprint density at radius 1 is 0.795 bits per heavy atom. The Labute approximate surface area is 253 Å². The van der Waals surface area contributed by atoms with Gasteiger partial charge in [0, 0.05) is 13.0 Å². The van der Waals surface area contributed by atoms with Crippen molar-refractivity contribution in [2.45, 2.75) is 109 Å². The van der Waals surface area contributed by atoms with Crippen LogP contribution < -0.4 is 26.6 Å². The van der Waals surface area contributed by atoms with Gasteiger partial charge in [-0.15, -0.1) is 0 Å². The molecule has 44 heavy (non-hydrogen) atoms.